The Labute approximate surface area is 404 Å². The highest BCUT2D eigenvalue weighted by molar-refractivity contribution is 6.10. The van der Waals surface area contributed by atoms with Crippen LogP contribution in [-0.2, 0) is 23.7 Å². The van der Waals surface area contributed by atoms with Crippen LogP contribution < -0.4 is 14.5 Å². The standard InChI is InChI=1S/C62H62N4O/c1-9-19-42-31-32-54-52(35-42)53-37-45(20-10-2)58(40-57(53)66(54)59-38-47(33-34-63-59)62(6,7)8)67-49-26-17-25-48(39-49)64-41-65(56-30-15-14-29-55(56)64)60-50(43-21-12-11-13-22-43)27-18-28-51(60)44-23-16-24-46(36-44)61(3,4)5/h11-18,21-40H,9-10,19-20,41H2,1-8H3/i11D,12D,13D,21D,22D. The summed E-state index contributed by atoms with van der Waals surface area (Å²) in [6.45, 7) is 18.1. The first-order valence-electron chi connectivity index (χ1n) is 26.3. The van der Waals surface area contributed by atoms with Gasteiger partial charge in [-0.1, -0.05) is 165 Å². The number of hydrogen-bond donors (Lipinski definition) is 0. The van der Waals surface area contributed by atoms with Gasteiger partial charge in [-0.25, -0.2) is 4.98 Å². The number of aryl methyl sites for hydroxylation is 2. The molecule has 3 heterocycles. The molecule has 10 rings (SSSR count). The van der Waals surface area contributed by atoms with Gasteiger partial charge >= 0.3 is 0 Å². The molecule has 0 aliphatic carbocycles. The van der Waals surface area contributed by atoms with E-state index in [-0.39, 0.29) is 40.6 Å². The maximum atomic E-state index is 9.17. The summed E-state index contributed by atoms with van der Waals surface area (Å²) in [7, 11) is 0. The average Bonchev–Trinajstić information content (AvgIpc) is 3.90. The molecule has 0 saturated carbocycles. The third-order valence-electron chi connectivity index (χ3n) is 13.1. The van der Waals surface area contributed by atoms with Gasteiger partial charge in [0.05, 0.1) is 34.9 Å². The molecule has 0 atom stereocenters. The van der Waals surface area contributed by atoms with Gasteiger partial charge in [-0.3, -0.25) is 4.57 Å². The Morgan fingerprint density at radius 1 is 0.597 bits per heavy atom. The Balaban J connectivity index is 1.10. The lowest BCUT2D eigenvalue weighted by Gasteiger charge is -2.28. The van der Waals surface area contributed by atoms with Crippen LogP contribution in [0.2, 0.25) is 0 Å². The smallest absolute Gasteiger partial charge is 0.137 e. The predicted octanol–water partition coefficient (Wildman–Crippen LogP) is 17.1. The van der Waals surface area contributed by atoms with Crippen molar-refractivity contribution >= 4 is 44.6 Å². The van der Waals surface area contributed by atoms with Crippen molar-refractivity contribution in [3.05, 3.63) is 192 Å². The second-order valence-corrected chi connectivity index (χ2v) is 19.9. The van der Waals surface area contributed by atoms with Gasteiger partial charge in [0.2, 0.25) is 0 Å². The van der Waals surface area contributed by atoms with Crippen LogP contribution in [0.1, 0.15) is 97.3 Å². The third-order valence-corrected chi connectivity index (χ3v) is 13.1. The normalized spacial score (nSPS) is 13.9. The number of anilines is 4. The van der Waals surface area contributed by atoms with Crippen molar-refractivity contribution < 1.29 is 11.6 Å². The van der Waals surface area contributed by atoms with Crippen LogP contribution in [0.3, 0.4) is 0 Å². The molecule has 1 aliphatic heterocycles. The van der Waals surface area contributed by atoms with Crippen molar-refractivity contribution in [2.75, 3.05) is 16.5 Å². The molecule has 67 heavy (non-hydrogen) atoms. The van der Waals surface area contributed by atoms with Gasteiger partial charge < -0.3 is 14.5 Å². The number of hydrogen-bond acceptors (Lipinski definition) is 4. The highest BCUT2D eigenvalue weighted by atomic mass is 16.5. The zero-order valence-electron chi connectivity index (χ0n) is 45.0. The van der Waals surface area contributed by atoms with Gasteiger partial charge in [0.1, 0.15) is 24.0 Å². The van der Waals surface area contributed by atoms with E-state index in [4.69, 9.17) is 13.8 Å². The molecule has 0 saturated heterocycles. The summed E-state index contributed by atoms with van der Waals surface area (Å²) in [5.41, 5.74) is 12.9. The minimum Gasteiger partial charge on any atom is -0.457 e. The van der Waals surface area contributed by atoms with E-state index in [1.54, 1.807) is 0 Å². The molecule has 7 aromatic carbocycles. The summed E-state index contributed by atoms with van der Waals surface area (Å²) < 4.78 is 53.5. The van der Waals surface area contributed by atoms with Gasteiger partial charge in [-0.2, -0.15) is 0 Å². The molecule has 5 nitrogen and oxygen atoms in total. The molecular weight excluding hydrogens is 817 g/mol. The number of nitrogens with zero attached hydrogens (tertiary/aromatic N) is 4. The number of para-hydroxylation sites is 3. The van der Waals surface area contributed by atoms with Gasteiger partial charge in [-0.15, -0.1) is 0 Å². The van der Waals surface area contributed by atoms with E-state index in [2.05, 4.69) is 167 Å². The van der Waals surface area contributed by atoms with Crippen LogP contribution >= 0.6 is 0 Å². The molecular formula is C62H62N4O. The van der Waals surface area contributed by atoms with Gasteiger partial charge in [0, 0.05) is 45.9 Å². The zero-order valence-corrected chi connectivity index (χ0v) is 40.0. The fourth-order valence-corrected chi connectivity index (χ4v) is 9.67. The molecule has 0 bridgehead atoms. The van der Waals surface area contributed by atoms with Crippen LogP contribution in [0, 0.1) is 0 Å². The first-order valence-corrected chi connectivity index (χ1v) is 23.8. The summed E-state index contributed by atoms with van der Waals surface area (Å²) in [4.78, 5) is 9.45. The van der Waals surface area contributed by atoms with Crippen molar-refractivity contribution in [3.63, 3.8) is 0 Å². The minimum atomic E-state index is -0.419. The molecule has 0 radical (unpaired) electrons. The van der Waals surface area contributed by atoms with Gasteiger partial charge in [0.25, 0.3) is 0 Å². The fraction of sp³-hybridized carbons (Fsp3) is 0.242. The topological polar surface area (TPSA) is 33.5 Å². The summed E-state index contributed by atoms with van der Waals surface area (Å²) in [6, 6.07) is 45.0. The molecule has 2 aromatic heterocycles. The molecule has 5 heteroatoms. The Hall–Kier alpha value is -7.11. The number of benzene rings is 7. The van der Waals surface area contributed by atoms with E-state index in [0.29, 0.717) is 18.0 Å². The van der Waals surface area contributed by atoms with E-state index in [0.717, 1.165) is 93.3 Å². The second-order valence-electron chi connectivity index (χ2n) is 19.9. The highest BCUT2D eigenvalue weighted by Gasteiger charge is 2.32. The van der Waals surface area contributed by atoms with Crippen molar-refractivity contribution in [1.29, 1.82) is 0 Å². The number of pyridine rings is 1. The van der Waals surface area contributed by atoms with Gasteiger partial charge in [0.15, 0.2) is 0 Å². The molecule has 0 fully saturated rings. The molecule has 0 N–H and O–H groups in total. The summed E-state index contributed by atoms with van der Waals surface area (Å²) >= 11 is 0. The minimum absolute atomic E-state index is 0.0563. The fourth-order valence-electron chi connectivity index (χ4n) is 9.67. The van der Waals surface area contributed by atoms with E-state index >= 15 is 0 Å². The monoisotopic (exact) mass is 884 g/mol. The van der Waals surface area contributed by atoms with Crippen molar-refractivity contribution in [1.82, 2.24) is 9.55 Å². The zero-order chi connectivity index (χ0) is 50.8. The number of aromatic nitrogens is 2. The maximum Gasteiger partial charge on any atom is 0.137 e. The molecule has 336 valence electrons. The Morgan fingerprint density at radius 3 is 2.03 bits per heavy atom. The summed E-state index contributed by atoms with van der Waals surface area (Å²) in [6.07, 6.45) is 5.79. The number of ether oxygens (including phenoxy) is 1. The summed E-state index contributed by atoms with van der Waals surface area (Å²) in [5.74, 6) is 2.36. The maximum absolute atomic E-state index is 9.17. The van der Waals surface area contributed by atoms with Crippen LogP contribution in [-0.4, -0.2) is 16.2 Å². The number of fused-ring (bicyclic) bond motifs is 4. The quantitative estimate of drug-likeness (QED) is 0.130. The number of rotatable bonds is 11. The first-order chi connectivity index (χ1) is 34.5. The highest BCUT2D eigenvalue weighted by Crippen LogP contribution is 2.51. The van der Waals surface area contributed by atoms with Crippen LogP contribution in [0.5, 0.6) is 11.5 Å². The predicted molar refractivity (Wildman–Crippen MR) is 283 cm³/mol. The van der Waals surface area contributed by atoms with Crippen molar-refractivity contribution in [3.8, 4) is 39.6 Å². The average molecular weight is 884 g/mol. The Morgan fingerprint density at radius 2 is 1.28 bits per heavy atom. The van der Waals surface area contributed by atoms with Crippen molar-refractivity contribution in [2.45, 2.75) is 91.9 Å². The molecule has 0 unspecified atom stereocenters. The van der Waals surface area contributed by atoms with E-state index in [9.17, 15) is 2.74 Å². The van der Waals surface area contributed by atoms with Crippen LogP contribution in [0.25, 0.3) is 49.9 Å². The van der Waals surface area contributed by atoms with E-state index in [1.807, 2.05) is 42.6 Å². The lowest BCUT2D eigenvalue weighted by atomic mass is 9.85. The van der Waals surface area contributed by atoms with Crippen molar-refractivity contribution in [2.24, 2.45) is 0 Å². The molecule has 0 amide bonds. The lowest BCUT2D eigenvalue weighted by molar-refractivity contribution is 0.476. The largest absolute Gasteiger partial charge is 0.457 e. The first kappa shape index (κ1) is 38.0. The molecule has 0 spiro atoms. The SMILES string of the molecule is [2H]c1c([2H])c([2H])c(-c2cccc(-c3cccc(C(C)(C)C)c3)c2N2CN(c3cccc(Oc4cc5c(cc4CCC)c4cc(CCC)ccc4n5-c4cc(C(C)(C)C)ccn4)c3)c3ccccc32)c([2H])c1[2H]. The van der Waals surface area contributed by atoms with Gasteiger partial charge in [-0.05, 0) is 112 Å². The Kier molecular flexibility index (Phi) is 9.99. The molecule has 9 aromatic rings. The van der Waals surface area contributed by atoms with E-state index in [1.165, 1.54) is 21.9 Å². The Bertz CT molecular complexity index is 3540. The molecule has 1 aliphatic rings. The van der Waals surface area contributed by atoms with Crippen LogP contribution in [0.4, 0.5) is 22.7 Å². The summed E-state index contributed by atoms with van der Waals surface area (Å²) in [5, 5.41) is 2.39. The van der Waals surface area contributed by atoms with Crippen LogP contribution in [0.15, 0.2) is 170 Å². The third kappa shape index (κ3) is 8.37. The van der Waals surface area contributed by atoms with E-state index < -0.39 is 6.04 Å². The lowest BCUT2D eigenvalue weighted by Crippen LogP contribution is -2.25. The second kappa shape index (κ2) is 17.6.